The first-order chi connectivity index (χ1) is 4.35. The Morgan fingerprint density at radius 3 is 2.67 bits per heavy atom. The minimum atomic E-state index is 0.293. The molecule has 1 fully saturated rings. The van der Waals surface area contributed by atoms with Crippen LogP contribution in [0.25, 0.3) is 0 Å². The summed E-state index contributed by atoms with van der Waals surface area (Å²) in [6.07, 6.45) is 7.43. The quantitative estimate of drug-likeness (QED) is 0.525. The Kier molecular flexibility index (Phi) is 0.974. The van der Waals surface area contributed by atoms with Crippen LogP contribution < -0.4 is 0 Å². The maximum Gasteiger partial charge on any atom is 0.0641 e. The molecule has 0 aromatic rings. The van der Waals surface area contributed by atoms with Crippen molar-refractivity contribution in [1.29, 1.82) is 0 Å². The van der Waals surface area contributed by atoms with Crippen LogP contribution in [-0.4, -0.2) is 11.7 Å². The van der Waals surface area contributed by atoms with Crippen molar-refractivity contribution in [3.8, 4) is 0 Å². The average Bonchev–Trinajstić information content (AvgIpc) is 2.44. The number of allylic oxidation sites excluding steroid dienone is 1. The zero-order chi connectivity index (χ0) is 6.32. The van der Waals surface area contributed by atoms with Gasteiger partial charge >= 0.3 is 0 Å². The van der Waals surface area contributed by atoms with E-state index in [2.05, 4.69) is 6.08 Å². The van der Waals surface area contributed by atoms with Gasteiger partial charge in [-0.1, -0.05) is 6.08 Å². The summed E-state index contributed by atoms with van der Waals surface area (Å²) in [5.41, 5.74) is 1.94. The average molecular weight is 124 g/mol. The van der Waals surface area contributed by atoms with Gasteiger partial charge in [-0.05, 0) is 36.7 Å². The Bertz CT molecular complexity index is 154. The third-order valence-electron chi connectivity index (χ3n) is 2.59. The lowest BCUT2D eigenvalue weighted by Gasteiger charge is -2.02. The SMILES string of the molecule is OCC1=CCC2(CC2)C1. The van der Waals surface area contributed by atoms with Gasteiger partial charge in [-0.25, -0.2) is 0 Å². The van der Waals surface area contributed by atoms with E-state index in [1.165, 1.54) is 31.3 Å². The summed E-state index contributed by atoms with van der Waals surface area (Å²) in [6.45, 7) is 0.293. The van der Waals surface area contributed by atoms with E-state index in [0.717, 1.165) is 0 Å². The van der Waals surface area contributed by atoms with Gasteiger partial charge in [0.15, 0.2) is 0 Å². The fourth-order valence-corrected chi connectivity index (χ4v) is 1.66. The number of aliphatic hydroxyl groups is 1. The molecule has 0 aliphatic heterocycles. The standard InChI is InChI=1S/C8H12O/c9-6-7-1-2-8(5-7)3-4-8/h1,9H,2-6H2. The lowest BCUT2D eigenvalue weighted by atomic mass is 10.0. The fraction of sp³-hybridized carbons (Fsp3) is 0.750. The summed E-state index contributed by atoms with van der Waals surface area (Å²) in [6, 6.07) is 0. The molecule has 0 aromatic carbocycles. The van der Waals surface area contributed by atoms with Crippen LogP contribution in [0.15, 0.2) is 11.6 Å². The molecule has 0 saturated heterocycles. The molecule has 0 aromatic heterocycles. The van der Waals surface area contributed by atoms with E-state index >= 15 is 0 Å². The Balaban J connectivity index is 2.02. The van der Waals surface area contributed by atoms with Gasteiger partial charge in [-0.3, -0.25) is 0 Å². The molecule has 2 rings (SSSR count). The number of rotatable bonds is 1. The molecule has 0 atom stereocenters. The summed E-state index contributed by atoms with van der Waals surface area (Å²) in [7, 11) is 0. The van der Waals surface area contributed by atoms with Gasteiger partial charge in [0.25, 0.3) is 0 Å². The van der Waals surface area contributed by atoms with Crippen LogP contribution in [0.4, 0.5) is 0 Å². The van der Waals surface area contributed by atoms with E-state index in [1.807, 2.05) is 0 Å². The number of aliphatic hydroxyl groups excluding tert-OH is 1. The van der Waals surface area contributed by atoms with Crippen LogP contribution in [0.1, 0.15) is 25.7 Å². The topological polar surface area (TPSA) is 20.2 Å². The monoisotopic (exact) mass is 124 g/mol. The van der Waals surface area contributed by atoms with Gasteiger partial charge < -0.3 is 5.11 Å². The molecule has 2 aliphatic rings. The Labute approximate surface area is 55.4 Å². The van der Waals surface area contributed by atoms with Crippen molar-refractivity contribution in [1.82, 2.24) is 0 Å². The molecule has 50 valence electrons. The van der Waals surface area contributed by atoms with Crippen molar-refractivity contribution >= 4 is 0 Å². The highest BCUT2D eigenvalue weighted by Gasteiger charge is 2.44. The molecule has 1 N–H and O–H groups in total. The van der Waals surface area contributed by atoms with Gasteiger partial charge in [-0.2, -0.15) is 0 Å². The Hall–Kier alpha value is -0.300. The normalized spacial score (nSPS) is 28.8. The lowest BCUT2D eigenvalue weighted by Crippen LogP contribution is -1.93. The van der Waals surface area contributed by atoms with Crippen molar-refractivity contribution in [3.05, 3.63) is 11.6 Å². The number of hydrogen-bond donors (Lipinski definition) is 1. The molecule has 1 spiro atoms. The fourth-order valence-electron chi connectivity index (χ4n) is 1.66. The van der Waals surface area contributed by atoms with Crippen molar-refractivity contribution in [2.45, 2.75) is 25.7 Å². The van der Waals surface area contributed by atoms with E-state index in [-0.39, 0.29) is 0 Å². The van der Waals surface area contributed by atoms with Gasteiger partial charge in [0.2, 0.25) is 0 Å². The zero-order valence-corrected chi connectivity index (χ0v) is 5.56. The maximum absolute atomic E-state index is 8.76. The third kappa shape index (κ3) is 0.799. The highest BCUT2D eigenvalue weighted by molar-refractivity contribution is 5.19. The molecule has 0 unspecified atom stereocenters. The summed E-state index contributed by atoms with van der Waals surface area (Å²) < 4.78 is 0. The third-order valence-corrected chi connectivity index (χ3v) is 2.59. The smallest absolute Gasteiger partial charge is 0.0641 e. The predicted octanol–water partition coefficient (Wildman–Crippen LogP) is 1.48. The molecular weight excluding hydrogens is 112 g/mol. The first-order valence-corrected chi connectivity index (χ1v) is 3.63. The largest absolute Gasteiger partial charge is 0.392 e. The van der Waals surface area contributed by atoms with Crippen LogP contribution in [0.3, 0.4) is 0 Å². The number of hydrogen-bond acceptors (Lipinski definition) is 1. The van der Waals surface area contributed by atoms with Gasteiger partial charge in [0.05, 0.1) is 6.61 Å². The maximum atomic E-state index is 8.76. The molecule has 0 radical (unpaired) electrons. The summed E-state index contributed by atoms with van der Waals surface area (Å²) in [4.78, 5) is 0. The lowest BCUT2D eigenvalue weighted by molar-refractivity contribution is 0.323. The summed E-state index contributed by atoms with van der Waals surface area (Å²) >= 11 is 0. The van der Waals surface area contributed by atoms with Crippen LogP contribution in [0.5, 0.6) is 0 Å². The molecule has 9 heavy (non-hydrogen) atoms. The molecule has 2 aliphatic carbocycles. The van der Waals surface area contributed by atoms with Gasteiger partial charge in [0.1, 0.15) is 0 Å². The predicted molar refractivity (Wildman–Crippen MR) is 36.1 cm³/mol. The first kappa shape index (κ1) is 5.48. The molecule has 0 amide bonds. The van der Waals surface area contributed by atoms with Crippen molar-refractivity contribution in [3.63, 3.8) is 0 Å². The highest BCUT2D eigenvalue weighted by atomic mass is 16.3. The second-order valence-corrected chi connectivity index (χ2v) is 3.40. The van der Waals surface area contributed by atoms with Crippen LogP contribution in [-0.2, 0) is 0 Å². The molecule has 1 heteroatoms. The second-order valence-electron chi connectivity index (χ2n) is 3.40. The summed E-state index contributed by atoms with van der Waals surface area (Å²) in [5.74, 6) is 0. The minimum Gasteiger partial charge on any atom is -0.392 e. The molecule has 1 nitrogen and oxygen atoms in total. The van der Waals surface area contributed by atoms with Gasteiger partial charge in [-0.15, -0.1) is 0 Å². The van der Waals surface area contributed by atoms with E-state index in [4.69, 9.17) is 5.11 Å². The second kappa shape index (κ2) is 1.60. The van der Waals surface area contributed by atoms with E-state index < -0.39 is 0 Å². The van der Waals surface area contributed by atoms with E-state index in [0.29, 0.717) is 12.0 Å². The van der Waals surface area contributed by atoms with E-state index in [9.17, 15) is 0 Å². The van der Waals surface area contributed by atoms with Crippen LogP contribution in [0, 0.1) is 5.41 Å². The zero-order valence-electron chi connectivity index (χ0n) is 5.56. The Morgan fingerprint density at radius 1 is 1.56 bits per heavy atom. The highest BCUT2D eigenvalue weighted by Crippen LogP contribution is 2.56. The Morgan fingerprint density at radius 2 is 2.33 bits per heavy atom. The van der Waals surface area contributed by atoms with Crippen molar-refractivity contribution in [2.24, 2.45) is 5.41 Å². The van der Waals surface area contributed by atoms with Crippen molar-refractivity contribution in [2.75, 3.05) is 6.61 Å². The van der Waals surface area contributed by atoms with Crippen LogP contribution >= 0.6 is 0 Å². The molecule has 1 saturated carbocycles. The van der Waals surface area contributed by atoms with Gasteiger partial charge in [0, 0.05) is 0 Å². The first-order valence-electron chi connectivity index (χ1n) is 3.63. The van der Waals surface area contributed by atoms with E-state index in [1.54, 1.807) is 0 Å². The summed E-state index contributed by atoms with van der Waals surface area (Å²) in [5, 5.41) is 8.76. The van der Waals surface area contributed by atoms with Crippen molar-refractivity contribution < 1.29 is 5.11 Å². The minimum absolute atomic E-state index is 0.293. The molecular formula is C8H12O. The molecule has 0 heterocycles. The van der Waals surface area contributed by atoms with Crippen LogP contribution in [0.2, 0.25) is 0 Å². The molecule has 0 bridgehead atoms.